The summed E-state index contributed by atoms with van der Waals surface area (Å²) in [6.45, 7) is -0.0488. The van der Waals surface area contributed by atoms with Crippen molar-refractivity contribution in [3.8, 4) is 6.07 Å². The zero-order valence-corrected chi connectivity index (χ0v) is 5.99. The molecule has 0 saturated carbocycles. The fourth-order valence-electron chi connectivity index (χ4n) is 0.745. The quantitative estimate of drug-likeness (QED) is 0.669. The highest BCUT2D eigenvalue weighted by molar-refractivity contribution is 5.16. The van der Waals surface area contributed by atoms with Crippen molar-refractivity contribution in [1.29, 1.82) is 5.26 Å². The largest absolute Gasteiger partial charge is 0.390 e. The highest BCUT2D eigenvalue weighted by atomic mass is 16.3. The molecule has 0 bridgehead atoms. The summed E-state index contributed by atoms with van der Waals surface area (Å²) in [4.78, 5) is 3.91. The summed E-state index contributed by atoms with van der Waals surface area (Å²) in [5, 5.41) is 16.9. The number of aliphatic hydroxyl groups is 1. The Hall–Kier alpha value is -1.40. The van der Waals surface area contributed by atoms with Gasteiger partial charge in [-0.2, -0.15) is 5.26 Å². The van der Waals surface area contributed by atoms with E-state index >= 15 is 0 Å². The lowest BCUT2D eigenvalue weighted by Gasteiger charge is -1.95. The van der Waals surface area contributed by atoms with Crippen molar-refractivity contribution in [3.63, 3.8) is 0 Å². The molecule has 1 rings (SSSR count). The maximum absolute atomic E-state index is 8.63. The van der Waals surface area contributed by atoms with Crippen LogP contribution in [0.25, 0.3) is 0 Å². The topological polar surface area (TPSA) is 56.9 Å². The Kier molecular flexibility index (Phi) is 2.59. The van der Waals surface area contributed by atoms with Gasteiger partial charge in [-0.1, -0.05) is 6.07 Å². The zero-order chi connectivity index (χ0) is 8.10. The number of hydrogen-bond donors (Lipinski definition) is 1. The Labute approximate surface area is 64.9 Å². The summed E-state index contributed by atoms with van der Waals surface area (Å²) in [5.41, 5.74) is 1.51. The van der Waals surface area contributed by atoms with E-state index in [0.717, 1.165) is 5.56 Å². The maximum atomic E-state index is 8.63. The van der Waals surface area contributed by atoms with E-state index in [2.05, 4.69) is 4.98 Å². The average Bonchev–Trinajstić information content (AvgIpc) is 2.07. The van der Waals surface area contributed by atoms with Crippen LogP contribution in [-0.2, 0) is 13.0 Å². The summed E-state index contributed by atoms with van der Waals surface area (Å²) in [6.07, 6.45) is 1.98. The SMILES string of the molecule is N#CCc1ccc(CO)nc1. The molecule has 0 fully saturated rings. The summed E-state index contributed by atoms with van der Waals surface area (Å²) < 4.78 is 0. The third-order valence-corrected chi connectivity index (χ3v) is 1.33. The summed E-state index contributed by atoms with van der Waals surface area (Å²) in [5.74, 6) is 0. The predicted molar refractivity (Wildman–Crippen MR) is 39.5 cm³/mol. The van der Waals surface area contributed by atoms with Crippen LogP contribution in [0.3, 0.4) is 0 Å². The van der Waals surface area contributed by atoms with Crippen LogP contribution in [0.15, 0.2) is 18.3 Å². The molecule has 0 atom stereocenters. The molecular formula is C8H8N2O. The highest BCUT2D eigenvalue weighted by Gasteiger charge is 1.92. The molecule has 0 radical (unpaired) electrons. The van der Waals surface area contributed by atoms with Gasteiger partial charge in [0.25, 0.3) is 0 Å². The average molecular weight is 148 g/mol. The first-order chi connectivity index (χ1) is 5.36. The molecule has 0 amide bonds. The van der Waals surface area contributed by atoms with Gasteiger partial charge in [0.15, 0.2) is 0 Å². The van der Waals surface area contributed by atoms with Gasteiger partial charge in [-0.25, -0.2) is 0 Å². The molecule has 1 aromatic heterocycles. The molecule has 0 spiro atoms. The first-order valence-electron chi connectivity index (χ1n) is 3.28. The first kappa shape index (κ1) is 7.70. The zero-order valence-electron chi connectivity index (χ0n) is 5.99. The van der Waals surface area contributed by atoms with Gasteiger partial charge in [-0.15, -0.1) is 0 Å². The molecule has 11 heavy (non-hydrogen) atoms. The minimum atomic E-state index is -0.0488. The highest BCUT2D eigenvalue weighted by Crippen LogP contribution is 1.99. The van der Waals surface area contributed by atoms with E-state index in [0.29, 0.717) is 12.1 Å². The lowest BCUT2D eigenvalue weighted by atomic mass is 10.2. The summed E-state index contributed by atoms with van der Waals surface area (Å²) in [7, 11) is 0. The fourth-order valence-corrected chi connectivity index (χ4v) is 0.745. The molecule has 0 unspecified atom stereocenters. The van der Waals surface area contributed by atoms with Crippen molar-refractivity contribution in [2.75, 3.05) is 0 Å². The van der Waals surface area contributed by atoms with Crippen molar-refractivity contribution in [2.45, 2.75) is 13.0 Å². The molecule has 3 nitrogen and oxygen atoms in total. The Bertz CT molecular complexity index is 260. The van der Waals surface area contributed by atoms with Gasteiger partial charge in [0.2, 0.25) is 0 Å². The minimum absolute atomic E-state index is 0.0488. The fraction of sp³-hybridized carbons (Fsp3) is 0.250. The first-order valence-corrected chi connectivity index (χ1v) is 3.28. The Morgan fingerprint density at radius 2 is 2.36 bits per heavy atom. The number of aromatic nitrogens is 1. The van der Waals surface area contributed by atoms with Crippen molar-refractivity contribution < 1.29 is 5.11 Å². The van der Waals surface area contributed by atoms with E-state index < -0.39 is 0 Å². The number of nitriles is 1. The van der Waals surface area contributed by atoms with E-state index in [1.54, 1.807) is 18.3 Å². The normalized spacial score (nSPS) is 9.09. The predicted octanol–water partition coefficient (Wildman–Crippen LogP) is 0.640. The molecule has 3 heteroatoms. The van der Waals surface area contributed by atoms with E-state index in [-0.39, 0.29) is 6.61 Å². The molecular weight excluding hydrogens is 140 g/mol. The number of aliphatic hydroxyl groups excluding tert-OH is 1. The monoisotopic (exact) mass is 148 g/mol. The van der Waals surface area contributed by atoms with Crippen LogP contribution in [0.2, 0.25) is 0 Å². The van der Waals surface area contributed by atoms with Gasteiger partial charge in [-0.3, -0.25) is 4.98 Å². The second kappa shape index (κ2) is 3.69. The minimum Gasteiger partial charge on any atom is -0.390 e. The molecule has 1 heterocycles. The maximum Gasteiger partial charge on any atom is 0.0852 e. The van der Waals surface area contributed by atoms with E-state index in [4.69, 9.17) is 10.4 Å². The van der Waals surface area contributed by atoms with E-state index in [1.165, 1.54) is 0 Å². The van der Waals surface area contributed by atoms with Crippen LogP contribution < -0.4 is 0 Å². The number of hydrogen-bond acceptors (Lipinski definition) is 3. The molecule has 1 aromatic rings. The van der Waals surface area contributed by atoms with Crippen LogP contribution in [0.1, 0.15) is 11.3 Å². The molecule has 1 N–H and O–H groups in total. The Morgan fingerprint density at radius 1 is 1.55 bits per heavy atom. The lowest BCUT2D eigenvalue weighted by molar-refractivity contribution is 0.277. The number of nitrogens with zero attached hydrogens (tertiary/aromatic N) is 2. The van der Waals surface area contributed by atoms with Crippen LogP contribution in [-0.4, -0.2) is 10.1 Å². The standard InChI is InChI=1S/C8H8N2O/c9-4-3-7-1-2-8(6-11)10-5-7/h1-2,5,11H,3,6H2. The second-order valence-electron chi connectivity index (χ2n) is 2.15. The van der Waals surface area contributed by atoms with Crippen LogP contribution >= 0.6 is 0 Å². The third-order valence-electron chi connectivity index (χ3n) is 1.33. The summed E-state index contributed by atoms with van der Waals surface area (Å²) in [6, 6.07) is 5.53. The molecule has 0 aliphatic carbocycles. The van der Waals surface area contributed by atoms with Gasteiger partial charge >= 0.3 is 0 Å². The van der Waals surface area contributed by atoms with Crippen molar-refractivity contribution in [3.05, 3.63) is 29.6 Å². The van der Waals surface area contributed by atoms with Crippen molar-refractivity contribution in [1.82, 2.24) is 4.98 Å². The molecule has 0 aromatic carbocycles. The summed E-state index contributed by atoms with van der Waals surface area (Å²) >= 11 is 0. The Morgan fingerprint density at radius 3 is 2.82 bits per heavy atom. The lowest BCUT2D eigenvalue weighted by Crippen LogP contribution is -1.90. The third kappa shape index (κ3) is 2.03. The van der Waals surface area contributed by atoms with Gasteiger partial charge in [0, 0.05) is 6.20 Å². The van der Waals surface area contributed by atoms with Gasteiger partial charge < -0.3 is 5.11 Å². The van der Waals surface area contributed by atoms with E-state index in [9.17, 15) is 0 Å². The molecule has 0 aliphatic heterocycles. The van der Waals surface area contributed by atoms with Crippen LogP contribution in [0.5, 0.6) is 0 Å². The van der Waals surface area contributed by atoms with Crippen molar-refractivity contribution >= 4 is 0 Å². The molecule has 0 aliphatic rings. The van der Waals surface area contributed by atoms with E-state index in [1.807, 2.05) is 6.07 Å². The number of rotatable bonds is 2. The van der Waals surface area contributed by atoms with Crippen LogP contribution in [0.4, 0.5) is 0 Å². The van der Waals surface area contributed by atoms with Gasteiger partial charge in [0.1, 0.15) is 0 Å². The molecule has 0 saturated heterocycles. The van der Waals surface area contributed by atoms with Crippen molar-refractivity contribution in [2.24, 2.45) is 0 Å². The number of pyridine rings is 1. The smallest absolute Gasteiger partial charge is 0.0852 e. The second-order valence-corrected chi connectivity index (χ2v) is 2.15. The van der Waals surface area contributed by atoms with Gasteiger partial charge in [-0.05, 0) is 11.6 Å². The van der Waals surface area contributed by atoms with Gasteiger partial charge in [0.05, 0.1) is 24.8 Å². The molecule has 56 valence electrons. The van der Waals surface area contributed by atoms with Crippen LogP contribution in [0, 0.1) is 11.3 Å². The Balaban J connectivity index is 2.76.